The molecule has 31 heavy (non-hydrogen) atoms. The van der Waals surface area contributed by atoms with Gasteiger partial charge in [0.1, 0.15) is 6.04 Å². The second kappa shape index (κ2) is 6.26. The van der Waals surface area contributed by atoms with Gasteiger partial charge in [-0.3, -0.25) is 4.79 Å². The van der Waals surface area contributed by atoms with Crippen molar-refractivity contribution in [2.75, 3.05) is 6.54 Å². The van der Waals surface area contributed by atoms with Gasteiger partial charge in [-0.05, 0) is 49.3 Å². The molecule has 4 aromatic rings. The molecule has 1 amide bonds. The van der Waals surface area contributed by atoms with E-state index in [1.807, 2.05) is 16.8 Å². The fourth-order valence-electron chi connectivity index (χ4n) is 4.66. The van der Waals surface area contributed by atoms with E-state index in [4.69, 9.17) is 9.52 Å². The van der Waals surface area contributed by atoms with Crippen molar-refractivity contribution < 1.29 is 9.21 Å². The van der Waals surface area contributed by atoms with Crippen LogP contribution in [0.2, 0.25) is 0 Å². The van der Waals surface area contributed by atoms with Gasteiger partial charge in [-0.1, -0.05) is 6.07 Å². The number of carbonyl (C=O) groups excluding carboxylic acids is 1. The fraction of sp³-hybridized carbons (Fsp3) is 0.409. The summed E-state index contributed by atoms with van der Waals surface area (Å²) in [6.07, 6.45) is 8.88. The van der Waals surface area contributed by atoms with E-state index < -0.39 is 6.04 Å². The molecule has 1 atom stereocenters. The van der Waals surface area contributed by atoms with Crippen molar-refractivity contribution in [2.45, 2.75) is 50.0 Å². The van der Waals surface area contributed by atoms with Crippen molar-refractivity contribution in [1.82, 2.24) is 34.7 Å². The predicted molar refractivity (Wildman–Crippen MR) is 109 cm³/mol. The summed E-state index contributed by atoms with van der Waals surface area (Å²) < 4.78 is 7.65. The van der Waals surface area contributed by atoms with Crippen LogP contribution in [-0.4, -0.2) is 47.1 Å². The normalized spacial score (nSPS) is 20.9. The molecule has 9 nitrogen and oxygen atoms in total. The highest BCUT2D eigenvalue weighted by Gasteiger charge is 2.39. The van der Waals surface area contributed by atoms with E-state index in [0.717, 1.165) is 35.4 Å². The molecular weight excluding hydrogens is 394 g/mol. The minimum absolute atomic E-state index is 0.0494. The van der Waals surface area contributed by atoms with Crippen molar-refractivity contribution in [3.8, 4) is 0 Å². The van der Waals surface area contributed by atoms with E-state index in [-0.39, 0.29) is 11.8 Å². The van der Waals surface area contributed by atoms with E-state index in [0.29, 0.717) is 30.7 Å². The lowest BCUT2D eigenvalue weighted by molar-refractivity contribution is 0.0644. The van der Waals surface area contributed by atoms with Crippen LogP contribution in [0.3, 0.4) is 0 Å². The second-order valence-electron chi connectivity index (χ2n) is 8.77. The van der Waals surface area contributed by atoms with E-state index >= 15 is 0 Å². The zero-order chi connectivity index (χ0) is 20.5. The average molecular weight is 415 g/mol. The zero-order valence-electron chi connectivity index (χ0n) is 16.9. The number of pyridine rings is 1. The van der Waals surface area contributed by atoms with Gasteiger partial charge in [-0.15, -0.1) is 10.2 Å². The van der Waals surface area contributed by atoms with Crippen molar-refractivity contribution in [1.29, 1.82) is 0 Å². The highest BCUT2D eigenvalue weighted by molar-refractivity contribution is 5.90. The smallest absolute Gasteiger partial charge is 0.312 e. The number of H-pyrrole nitrogens is 1. The summed E-state index contributed by atoms with van der Waals surface area (Å²) >= 11 is 0. The summed E-state index contributed by atoms with van der Waals surface area (Å²) in [6.45, 7) is 0.531. The molecule has 0 radical (unpaired) electrons. The Labute approximate surface area is 177 Å². The molecule has 2 fully saturated rings. The third kappa shape index (κ3) is 2.72. The summed E-state index contributed by atoms with van der Waals surface area (Å²) in [5.74, 6) is 1.27. The first-order valence-corrected chi connectivity index (χ1v) is 10.9. The molecule has 4 aromatic heterocycles. The summed E-state index contributed by atoms with van der Waals surface area (Å²) in [5.41, 5.74) is 5.10. The molecule has 5 heterocycles. The van der Waals surface area contributed by atoms with Crippen LogP contribution < -0.4 is 0 Å². The Balaban J connectivity index is 1.32. The number of carbonyl (C=O) groups is 1. The lowest BCUT2D eigenvalue weighted by atomic mass is 9.99. The minimum atomic E-state index is -0.397. The quantitative estimate of drug-likeness (QED) is 0.549. The third-order valence-electron chi connectivity index (χ3n) is 6.59. The van der Waals surface area contributed by atoms with E-state index in [9.17, 15) is 4.79 Å². The second-order valence-corrected chi connectivity index (χ2v) is 8.77. The Bertz CT molecular complexity index is 1310. The SMILES string of the molecule is O=C(c1nnc(C2CC2)o1)N1CCc2[nH]cnc2[C@H]1c1cc2c(C3CC3)cccn2n1. The minimum Gasteiger partial charge on any atom is -0.417 e. The predicted octanol–water partition coefficient (Wildman–Crippen LogP) is 2.98. The summed E-state index contributed by atoms with van der Waals surface area (Å²) in [4.78, 5) is 23.0. The monoisotopic (exact) mass is 415 g/mol. The number of nitrogens with zero attached hydrogens (tertiary/aromatic N) is 6. The van der Waals surface area contributed by atoms with Gasteiger partial charge in [0.05, 0.1) is 23.2 Å². The number of rotatable bonds is 4. The molecule has 0 aromatic carbocycles. The van der Waals surface area contributed by atoms with Crippen molar-refractivity contribution in [3.63, 3.8) is 0 Å². The topological polar surface area (TPSA) is 105 Å². The van der Waals surface area contributed by atoms with Crippen LogP contribution in [0.25, 0.3) is 5.52 Å². The first-order chi connectivity index (χ1) is 15.3. The first kappa shape index (κ1) is 17.2. The van der Waals surface area contributed by atoms with Gasteiger partial charge >= 0.3 is 11.8 Å². The summed E-state index contributed by atoms with van der Waals surface area (Å²) in [7, 11) is 0. The summed E-state index contributed by atoms with van der Waals surface area (Å²) in [5, 5.41) is 13.0. The third-order valence-corrected chi connectivity index (χ3v) is 6.59. The highest BCUT2D eigenvalue weighted by atomic mass is 16.4. The van der Waals surface area contributed by atoms with E-state index in [2.05, 4.69) is 32.3 Å². The largest absolute Gasteiger partial charge is 0.417 e. The Morgan fingerprint density at radius 3 is 2.87 bits per heavy atom. The molecule has 1 N–H and O–H groups in total. The Hall–Kier alpha value is -3.49. The Morgan fingerprint density at radius 2 is 2.03 bits per heavy atom. The average Bonchev–Trinajstić information content (AvgIpc) is 3.67. The van der Waals surface area contributed by atoms with Gasteiger partial charge in [0.25, 0.3) is 0 Å². The number of aromatic amines is 1. The number of hydrogen-bond acceptors (Lipinski definition) is 6. The van der Waals surface area contributed by atoms with Crippen LogP contribution in [0.15, 0.2) is 35.1 Å². The molecule has 0 bridgehead atoms. The van der Waals surface area contributed by atoms with E-state index in [1.165, 1.54) is 18.4 Å². The number of amides is 1. The van der Waals surface area contributed by atoms with Gasteiger partial charge in [0.15, 0.2) is 0 Å². The van der Waals surface area contributed by atoms with Crippen molar-refractivity contribution in [3.05, 3.63) is 65.1 Å². The van der Waals surface area contributed by atoms with Crippen LogP contribution in [-0.2, 0) is 6.42 Å². The first-order valence-electron chi connectivity index (χ1n) is 10.9. The molecular formula is C22H21N7O2. The fourth-order valence-corrected chi connectivity index (χ4v) is 4.66. The maximum atomic E-state index is 13.4. The molecule has 2 aliphatic carbocycles. The molecule has 2 saturated carbocycles. The standard InChI is InChI=1S/C22H21N7O2/c30-22(21-26-25-20(31-21)13-5-6-13)28-9-7-15-18(24-11-23-15)19(28)16-10-17-14(12-3-4-12)2-1-8-29(17)27-16/h1-2,8,10-13,19H,3-7,9H2,(H,23,24)/t19-/m1/s1. The van der Waals surface area contributed by atoms with Crippen LogP contribution >= 0.6 is 0 Å². The number of hydrogen-bond donors (Lipinski definition) is 1. The molecule has 1 aliphatic heterocycles. The molecule has 0 spiro atoms. The van der Waals surface area contributed by atoms with Crippen LogP contribution in [0.4, 0.5) is 0 Å². The molecule has 7 rings (SSSR count). The van der Waals surface area contributed by atoms with Gasteiger partial charge in [0, 0.05) is 30.8 Å². The number of fused-ring (bicyclic) bond motifs is 2. The molecule has 156 valence electrons. The van der Waals surface area contributed by atoms with Crippen LogP contribution in [0, 0.1) is 0 Å². The number of aromatic nitrogens is 6. The lowest BCUT2D eigenvalue weighted by Gasteiger charge is -2.32. The molecule has 0 saturated heterocycles. The molecule has 0 unspecified atom stereocenters. The highest BCUT2D eigenvalue weighted by Crippen LogP contribution is 2.43. The molecule has 3 aliphatic rings. The van der Waals surface area contributed by atoms with Crippen molar-refractivity contribution in [2.24, 2.45) is 0 Å². The maximum Gasteiger partial charge on any atom is 0.312 e. The number of imidazole rings is 1. The van der Waals surface area contributed by atoms with Crippen LogP contribution in [0.1, 0.15) is 82.8 Å². The van der Waals surface area contributed by atoms with Gasteiger partial charge in [-0.2, -0.15) is 5.10 Å². The van der Waals surface area contributed by atoms with Crippen molar-refractivity contribution >= 4 is 11.4 Å². The van der Waals surface area contributed by atoms with Gasteiger partial charge in [0.2, 0.25) is 5.89 Å². The molecule has 9 heteroatoms. The summed E-state index contributed by atoms with van der Waals surface area (Å²) in [6, 6.07) is 5.93. The maximum absolute atomic E-state index is 13.4. The van der Waals surface area contributed by atoms with Gasteiger partial charge < -0.3 is 14.3 Å². The van der Waals surface area contributed by atoms with Crippen LogP contribution in [0.5, 0.6) is 0 Å². The zero-order valence-corrected chi connectivity index (χ0v) is 16.9. The van der Waals surface area contributed by atoms with Gasteiger partial charge in [-0.25, -0.2) is 9.50 Å². The van der Waals surface area contributed by atoms with E-state index in [1.54, 1.807) is 11.2 Å². The lowest BCUT2D eigenvalue weighted by Crippen LogP contribution is -2.41. The number of nitrogens with one attached hydrogen (secondary N) is 1. The Kier molecular flexibility index (Phi) is 3.47. The Morgan fingerprint density at radius 1 is 1.16 bits per heavy atom.